The van der Waals surface area contributed by atoms with Crippen LogP contribution >= 0.6 is 0 Å². The van der Waals surface area contributed by atoms with E-state index >= 15 is 4.39 Å². The average Bonchev–Trinajstić information content (AvgIpc) is 3.26. The molecular formula is C31H37FO10. The summed E-state index contributed by atoms with van der Waals surface area (Å²) in [4.78, 5) is 25.0. The van der Waals surface area contributed by atoms with Crippen molar-refractivity contribution in [3.8, 4) is 11.5 Å². The zero-order valence-electron chi connectivity index (χ0n) is 24.2. The van der Waals surface area contributed by atoms with Gasteiger partial charge in [0, 0.05) is 13.2 Å². The summed E-state index contributed by atoms with van der Waals surface area (Å²) in [5, 5.41) is 19.6. The van der Waals surface area contributed by atoms with Gasteiger partial charge in [-0.3, -0.25) is 0 Å². The molecule has 0 aromatic heterocycles. The van der Waals surface area contributed by atoms with Crippen molar-refractivity contribution in [3.05, 3.63) is 77.1 Å². The largest absolute Gasteiger partial charge is 0.497 e. The Labute approximate surface area is 244 Å². The molecule has 2 aromatic rings. The minimum Gasteiger partial charge on any atom is -0.497 e. The Morgan fingerprint density at radius 2 is 1.86 bits per heavy atom. The van der Waals surface area contributed by atoms with E-state index in [2.05, 4.69) is 0 Å². The second-order valence-electron chi connectivity index (χ2n) is 10.1. The first-order chi connectivity index (χ1) is 20.0. The fourth-order valence-corrected chi connectivity index (χ4v) is 4.39. The second-order valence-corrected chi connectivity index (χ2v) is 10.1. The van der Waals surface area contributed by atoms with Crippen LogP contribution in [0.3, 0.4) is 0 Å². The summed E-state index contributed by atoms with van der Waals surface area (Å²) >= 11 is 0. The molecule has 1 aliphatic heterocycles. The Morgan fingerprint density at radius 1 is 1.14 bits per heavy atom. The Hall–Kier alpha value is -3.77. The Balaban J connectivity index is 1.93. The van der Waals surface area contributed by atoms with Crippen LogP contribution in [0.5, 0.6) is 11.5 Å². The maximum atomic E-state index is 15.6. The van der Waals surface area contributed by atoms with Crippen molar-refractivity contribution in [2.45, 2.75) is 63.8 Å². The van der Waals surface area contributed by atoms with Crippen molar-refractivity contribution in [1.29, 1.82) is 0 Å². The molecule has 42 heavy (non-hydrogen) atoms. The summed E-state index contributed by atoms with van der Waals surface area (Å²) in [6.45, 7) is 4.65. The lowest BCUT2D eigenvalue weighted by Gasteiger charge is -2.25. The number of methoxy groups -OCH3 is 2. The molecule has 0 saturated carbocycles. The average molecular weight is 589 g/mol. The molecule has 0 aliphatic carbocycles. The van der Waals surface area contributed by atoms with Gasteiger partial charge in [-0.1, -0.05) is 30.4 Å². The van der Waals surface area contributed by atoms with E-state index in [0.717, 1.165) is 6.08 Å². The number of esters is 1. The first kappa shape index (κ1) is 32.7. The third-order valence-corrected chi connectivity index (χ3v) is 6.24. The number of rotatable bonds is 14. The van der Waals surface area contributed by atoms with Crippen LogP contribution in [0.1, 0.15) is 59.9 Å². The van der Waals surface area contributed by atoms with Crippen molar-refractivity contribution in [2.24, 2.45) is 0 Å². The Bertz CT molecular complexity index is 1270. The third kappa shape index (κ3) is 8.86. The highest BCUT2D eigenvalue weighted by Crippen LogP contribution is 2.36. The van der Waals surface area contributed by atoms with Gasteiger partial charge < -0.3 is 38.6 Å². The number of aliphatic hydroxyl groups is 1. The fourth-order valence-electron chi connectivity index (χ4n) is 4.39. The second kappa shape index (κ2) is 14.9. The van der Waals surface area contributed by atoms with Crippen LogP contribution in [0, 0.1) is 0 Å². The third-order valence-electron chi connectivity index (χ3n) is 6.24. The smallest absolute Gasteiger partial charge is 0.340 e. The molecule has 1 saturated heterocycles. The van der Waals surface area contributed by atoms with Gasteiger partial charge in [-0.25, -0.2) is 14.0 Å². The molecule has 10 nitrogen and oxygen atoms in total. The normalized spacial score (nSPS) is 19.8. The number of hydrogen-bond donors (Lipinski definition) is 2. The van der Waals surface area contributed by atoms with Crippen LogP contribution in [-0.2, 0) is 18.9 Å². The molecule has 2 aromatic carbocycles. The van der Waals surface area contributed by atoms with E-state index in [1.807, 2.05) is 0 Å². The van der Waals surface area contributed by atoms with E-state index < -0.39 is 48.0 Å². The molecule has 1 fully saturated rings. The van der Waals surface area contributed by atoms with E-state index in [1.165, 1.54) is 33.3 Å². The number of halogens is 1. The SMILES string of the molecule is COCOc1cc(OC)cc(C=CC[C@@H]2OC(C)(C)O[C@@H]2C(OC(=O)c2ccccc2)C(F)=CC[C@@H](C)O)c1C(=O)O. The summed E-state index contributed by atoms with van der Waals surface area (Å²) in [5.41, 5.74) is 0.412. The van der Waals surface area contributed by atoms with E-state index in [1.54, 1.807) is 56.3 Å². The van der Waals surface area contributed by atoms with Gasteiger partial charge in [-0.2, -0.15) is 0 Å². The Morgan fingerprint density at radius 3 is 2.48 bits per heavy atom. The van der Waals surface area contributed by atoms with Crippen LogP contribution in [0.4, 0.5) is 4.39 Å². The fraction of sp³-hybridized carbons (Fsp3) is 0.419. The lowest BCUT2D eigenvalue weighted by Crippen LogP contribution is -2.39. The minimum absolute atomic E-state index is 0.00591. The number of aromatic carboxylic acids is 1. The molecular weight excluding hydrogens is 551 g/mol. The monoisotopic (exact) mass is 588 g/mol. The lowest BCUT2D eigenvalue weighted by atomic mass is 10.0. The zero-order chi connectivity index (χ0) is 30.9. The minimum atomic E-state index is -1.47. The van der Waals surface area contributed by atoms with Crippen molar-refractivity contribution >= 4 is 18.0 Å². The number of carbonyl (C=O) groups is 2. The number of carbonyl (C=O) groups excluding carboxylic acids is 1. The lowest BCUT2D eigenvalue weighted by molar-refractivity contribution is -0.154. The first-order valence-corrected chi connectivity index (χ1v) is 13.3. The predicted molar refractivity (Wildman–Crippen MR) is 151 cm³/mol. The number of carboxylic acid groups (broad SMARTS) is 1. The molecule has 1 heterocycles. The highest BCUT2D eigenvalue weighted by atomic mass is 19.1. The van der Waals surface area contributed by atoms with Gasteiger partial charge in [0.2, 0.25) is 0 Å². The van der Waals surface area contributed by atoms with Crippen LogP contribution in [0.2, 0.25) is 0 Å². The number of carboxylic acids is 1. The van der Waals surface area contributed by atoms with Crippen LogP contribution in [-0.4, -0.2) is 73.4 Å². The summed E-state index contributed by atoms with van der Waals surface area (Å²) in [5.74, 6) is -3.49. The highest BCUT2D eigenvalue weighted by Gasteiger charge is 2.47. The van der Waals surface area contributed by atoms with Crippen molar-refractivity contribution in [1.82, 2.24) is 0 Å². The molecule has 3 rings (SSSR count). The molecule has 0 bridgehead atoms. The molecule has 4 atom stereocenters. The van der Waals surface area contributed by atoms with Crippen LogP contribution in [0.25, 0.3) is 6.08 Å². The summed E-state index contributed by atoms with van der Waals surface area (Å²) in [6, 6.07) is 11.1. The van der Waals surface area contributed by atoms with Crippen LogP contribution < -0.4 is 9.47 Å². The maximum Gasteiger partial charge on any atom is 0.340 e. The number of hydrogen-bond acceptors (Lipinski definition) is 9. The van der Waals surface area contributed by atoms with E-state index in [0.29, 0.717) is 5.75 Å². The predicted octanol–water partition coefficient (Wildman–Crippen LogP) is 5.15. The van der Waals surface area contributed by atoms with Crippen molar-refractivity contribution in [3.63, 3.8) is 0 Å². The summed E-state index contributed by atoms with van der Waals surface area (Å²) in [7, 11) is 2.85. The quantitative estimate of drug-likeness (QED) is 0.226. The van der Waals surface area contributed by atoms with Gasteiger partial charge in [0.25, 0.3) is 0 Å². The van der Waals surface area contributed by atoms with Crippen molar-refractivity contribution < 1.29 is 52.6 Å². The number of ether oxygens (including phenoxy) is 6. The van der Waals surface area contributed by atoms with Gasteiger partial charge in [0.05, 0.1) is 24.9 Å². The molecule has 0 spiro atoms. The van der Waals surface area contributed by atoms with Gasteiger partial charge in [0.1, 0.15) is 29.0 Å². The first-order valence-electron chi connectivity index (χ1n) is 13.3. The molecule has 2 N–H and O–H groups in total. The Kier molecular flexibility index (Phi) is 11.6. The topological polar surface area (TPSA) is 130 Å². The summed E-state index contributed by atoms with van der Waals surface area (Å²) in [6.07, 6.45) is 0.352. The molecule has 0 amide bonds. The molecule has 11 heteroatoms. The van der Waals surface area contributed by atoms with E-state index in [-0.39, 0.29) is 42.1 Å². The summed E-state index contributed by atoms with van der Waals surface area (Å²) < 4.78 is 48.9. The molecule has 0 radical (unpaired) electrons. The van der Waals surface area contributed by atoms with Gasteiger partial charge in [-0.05, 0) is 63.5 Å². The number of aliphatic hydroxyl groups excluding tert-OH is 1. The molecule has 228 valence electrons. The highest BCUT2D eigenvalue weighted by molar-refractivity contribution is 5.95. The molecule has 1 aliphatic rings. The number of benzene rings is 2. The van der Waals surface area contributed by atoms with Crippen molar-refractivity contribution in [2.75, 3.05) is 21.0 Å². The van der Waals surface area contributed by atoms with E-state index in [9.17, 15) is 19.8 Å². The molecule has 1 unspecified atom stereocenters. The van der Waals surface area contributed by atoms with E-state index in [4.69, 9.17) is 28.4 Å². The van der Waals surface area contributed by atoms with Gasteiger partial charge >= 0.3 is 11.9 Å². The zero-order valence-corrected chi connectivity index (χ0v) is 24.2. The maximum absolute atomic E-state index is 15.6. The van der Waals surface area contributed by atoms with Gasteiger partial charge in [-0.15, -0.1) is 0 Å². The van der Waals surface area contributed by atoms with Gasteiger partial charge in [0.15, 0.2) is 18.7 Å². The standard InChI is InChI=1S/C31H37FO10/c1-19(33)14-15-23(32)27(40-30(36)20-10-7-6-8-11-20)28-24(41-31(2,3)42-28)13-9-12-21-16-22(38-5)17-25(39-18-37-4)26(21)29(34)35/h6-12,15-17,19,24,27-28,33H,13-14,18H2,1-5H3,(H,34,35)/t19-,24+,27?,28+/m1/s1. The van der Waals surface area contributed by atoms with Crippen LogP contribution in [0.15, 0.2) is 60.4 Å².